The average molecular weight is 226 g/mol. The Labute approximate surface area is 96.6 Å². The zero-order valence-electron chi connectivity index (χ0n) is 9.74. The van der Waals surface area contributed by atoms with E-state index in [1.54, 1.807) is 0 Å². The van der Waals surface area contributed by atoms with Crippen LogP contribution in [-0.4, -0.2) is 29.2 Å². The van der Waals surface area contributed by atoms with Gasteiger partial charge in [-0.3, -0.25) is 4.79 Å². The number of nitrogens with two attached hydrogens (primary N) is 1. The highest BCUT2D eigenvalue weighted by molar-refractivity contribution is 5.78. The zero-order chi connectivity index (χ0) is 11.6. The number of aliphatic hydroxyl groups is 1. The standard InChI is InChI=1S/C12H22N2O2/c13-10-4-1-3-9(7-10)11(15)14-8-12(16)5-2-6-12/h9-10,16H,1-8,13H2,(H,14,15). The van der Waals surface area contributed by atoms with Crippen molar-refractivity contribution < 1.29 is 9.90 Å². The first kappa shape index (κ1) is 11.9. The van der Waals surface area contributed by atoms with Gasteiger partial charge in [-0.2, -0.15) is 0 Å². The number of hydrogen-bond donors (Lipinski definition) is 3. The lowest BCUT2D eigenvalue weighted by atomic mass is 9.80. The van der Waals surface area contributed by atoms with E-state index in [0.29, 0.717) is 6.54 Å². The van der Waals surface area contributed by atoms with E-state index in [-0.39, 0.29) is 17.9 Å². The molecule has 0 bridgehead atoms. The number of rotatable bonds is 3. The molecule has 2 aliphatic carbocycles. The third kappa shape index (κ3) is 2.74. The summed E-state index contributed by atoms with van der Waals surface area (Å²) in [5.41, 5.74) is 5.23. The number of nitrogens with one attached hydrogen (secondary N) is 1. The average Bonchev–Trinajstić information content (AvgIpc) is 2.23. The van der Waals surface area contributed by atoms with Crippen LogP contribution in [0, 0.1) is 5.92 Å². The van der Waals surface area contributed by atoms with E-state index < -0.39 is 5.60 Å². The van der Waals surface area contributed by atoms with Crippen LogP contribution in [0.3, 0.4) is 0 Å². The van der Waals surface area contributed by atoms with Crippen LogP contribution >= 0.6 is 0 Å². The first-order valence-corrected chi connectivity index (χ1v) is 6.35. The fourth-order valence-electron chi connectivity index (χ4n) is 2.62. The molecule has 2 unspecified atom stereocenters. The fraction of sp³-hybridized carbons (Fsp3) is 0.917. The Bertz CT molecular complexity index is 264. The van der Waals surface area contributed by atoms with Crippen LogP contribution < -0.4 is 11.1 Å². The van der Waals surface area contributed by atoms with Crippen molar-refractivity contribution in [1.82, 2.24) is 5.32 Å². The Morgan fingerprint density at radius 3 is 2.69 bits per heavy atom. The minimum atomic E-state index is -0.619. The number of amides is 1. The van der Waals surface area contributed by atoms with Gasteiger partial charge in [0, 0.05) is 18.5 Å². The molecule has 4 heteroatoms. The van der Waals surface area contributed by atoms with E-state index in [0.717, 1.165) is 44.9 Å². The van der Waals surface area contributed by atoms with Crippen LogP contribution in [0.5, 0.6) is 0 Å². The van der Waals surface area contributed by atoms with Crippen molar-refractivity contribution in [2.45, 2.75) is 56.6 Å². The van der Waals surface area contributed by atoms with E-state index in [1.807, 2.05) is 0 Å². The minimum absolute atomic E-state index is 0.0624. The molecule has 0 aliphatic heterocycles. The molecule has 0 aromatic rings. The summed E-state index contributed by atoms with van der Waals surface area (Å²) >= 11 is 0. The van der Waals surface area contributed by atoms with Gasteiger partial charge in [0.2, 0.25) is 5.91 Å². The molecule has 4 nitrogen and oxygen atoms in total. The van der Waals surface area contributed by atoms with Gasteiger partial charge in [-0.15, -0.1) is 0 Å². The molecule has 1 amide bonds. The van der Waals surface area contributed by atoms with Gasteiger partial charge in [-0.1, -0.05) is 6.42 Å². The summed E-state index contributed by atoms with van der Waals surface area (Å²) in [6.45, 7) is 0.414. The lowest BCUT2D eigenvalue weighted by Gasteiger charge is -2.37. The van der Waals surface area contributed by atoms with E-state index in [2.05, 4.69) is 5.32 Å². The molecule has 0 heterocycles. The number of hydrogen-bond acceptors (Lipinski definition) is 3. The van der Waals surface area contributed by atoms with E-state index >= 15 is 0 Å². The van der Waals surface area contributed by atoms with Crippen molar-refractivity contribution in [2.24, 2.45) is 11.7 Å². The van der Waals surface area contributed by atoms with Gasteiger partial charge in [-0.05, 0) is 38.5 Å². The molecular formula is C12H22N2O2. The maximum absolute atomic E-state index is 11.9. The summed E-state index contributed by atoms with van der Waals surface area (Å²) in [4.78, 5) is 11.9. The second kappa shape index (κ2) is 4.72. The van der Waals surface area contributed by atoms with Crippen LogP contribution in [0.1, 0.15) is 44.9 Å². The van der Waals surface area contributed by atoms with Crippen LogP contribution in [0.15, 0.2) is 0 Å². The van der Waals surface area contributed by atoms with E-state index in [1.165, 1.54) is 0 Å². The predicted octanol–water partition coefficient (Wildman–Crippen LogP) is 0.535. The summed E-state index contributed by atoms with van der Waals surface area (Å²) in [6, 6.07) is 0.177. The summed E-state index contributed by atoms with van der Waals surface area (Å²) in [5.74, 6) is 0.142. The molecule has 2 fully saturated rings. The van der Waals surface area contributed by atoms with E-state index in [4.69, 9.17) is 5.73 Å². The lowest BCUT2D eigenvalue weighted by molar-refractivity contribution is -0.128. The Balaban J connectivity index is 1.74. The lowest BCUT2D eigenvalue weighted by Crippen LogP contribution is -2.49. The maximum atomic E-state index is 11.9. The second-order valence-electron chi connectivity index (χ2n) is 5.42. The molecule has 4 N–H and O–H groups in total. The van der Waals surface area contributed by atoms with Crippen molar-refractivity contribution in [3.05, 3.63) is 0 Å². The highest BCUT2D eigenvalue weighted by atomic mass is 16.3. The largest absolute Gasteiger partial charge is 0.388 e. The van der Waals surface area contributed by atoms with Gasteiger partial charge in [0.05, 0.1) is 5.60 Å². The Hall–Kier alpha value is -0.610. The van der Waals surface area contributed by atoms with Gasteiger partial charge >= 0.3 is 0 Å². The summed E-state index contributed by atoms with van der Waals surface area (Å²) in [6.07, 6.45) is 6.52. The van der Waals surface area contributed by atoms with E-state index in [9.17, 15) is 9.90 Å². The third-order valence-corrected chi connectivity index (χ3v) is 3.96. The summed E-state index contributed by atoms with van der Waals surface area (Å²) in [7, 11) is 0. The third-order valence-electron chi connectivity index (χ3n) is 3.96. The predicted molar refractivity (Wildman–Crippen MR) is 61.7 cm³/mol. The van der Waals surface area contributed by atoms with Gasteiger partial charge in [0.15, 0.2) is 0 Å². The molecule has 16 heavy (non-hydrogen) atoms. The molecule has 0 aromatic carbocycles. The molecule has 0 spiro atoms. The Morgan fingerprint density at radius 2 is 2.12 bits per heavy atom. The molecule has 0 radical (unpaired) electrons. The van der Waals surface area contributed by atoms with Gasteiger partial charge < -0.3 is 16.2 Å². The van der Waals surface area contributed by atoms with Crippen LogP contribution in [-0.2, 0) is 4.79 Å². The SMILES string of the molecule is NC1CCCC(C(=O)NCC2(O)CCC2)C1. The van der Waals surface area contributed by atoms with Crippen molar-refractivity contribution in [3.63, 3.8) is 0 Å². The number of carbonyl (C=O) groups is 1. The normalized spacial score (nSPS) is 32.9. The molecule has 2 atom stereocenters. The number of carbonyl (C=O) groups excluding carboxylic acids is 1. The Morgan fingerprint density at radius 1 is 1.38 bits per heavy atom. The van der Waals surface area contributed by atoms with Crippen molar-refractivity contribution in [2.75, 3.05) is 6.54 Å². The molecule has 2 aliphatic rings. The van der Waals surface area contributed by atoms with Crippen molar-refractivity contribution in [3.8, 4) is 0 Å². The fourth-order valence-corrected chi connectivity index (χ4v) is 2.62. The minimum Gasteiger partial charge on any atom is -0.388 e. The quantitative estimate of drug-likeness (QED) is 0.657. The first-order chi connectivity index (χ1) is 7.59. The second-order valence-corrected chi connectivity index (χ2v) is 5.42. The molecule has 0 aromatic heterocycles. The molecule has 92 valence electrons. The first-order valence-electron chi connectivity index (χ1n) is 6.35. The smallest absolute Gasteiger partial charge is 0.223 e. The van der Waals surface area contributed by atoms with Gasteiger partial charge in [0.25, 0.3) is 0 Å². The van der Waals surface area contributed by atoms with Crippen LogP contribution in [0.25, 0.3) is 0 Å². The molecular weight excluding hydrogens is 204 g/mol. The summed E-state index contributed by atoms with van der Waals surface area (Å²) < 4.78 is 0. The maximum Gasteiger partial charge on any atom is 0.223 e. The Kier molecular flexibility index (Phi) is 3.50. The summed E-state index contributed by atoms with van der Waals surface area (Å²) in [5, 5.41) is 12.7. The van der Waals surface area contributed by atoms with Gasteiger partial charge in [0.1, 0.15) is 0 Å². The molecule has 2 rings (SSSR count). The van der Waals surface area contributed by atoms with Crippen LogP contribution in [0.2, 0.25) is 0 Å². The zero-order valence-corrected chi connectivity index (χ0v) is 9.74. The topological polar surface area (TPSA) is 75.4 Å². The molecule has 0 saturated heterocycles. The van der Waals surface area contributed by atoms with Crippen LogP contribution in [0.4, 0.5) is 0 Å². The molecule has 2 saturated carbocycles. The monoisotopic (exact) mass is 226 g/mol. The highest BCUT2D eigenvalue weighted by Crippen LogP contribution is 2.31. The van der Waals surface area contributed by atoms with Crippen molar-refractivity contribution in [1.29, 1.82) is 0 Å². The van der Waals surface area contributed by atoms with Gasteiger partial charge in [-0.25, -0.2) is 0 Å². The highest BCUT2D eigenvalue weighted by Gasteiger charge is 2.35. The van der Waals surface area contributed by atoms with Crippen molar-refractivity contribution >= 4 is 5.91 Å².